The second-order valence-electron chi connectivity index (χ2n) is 3.46. The summed E-state index contributed by atoms with van der Waals surface area (Å²) < 4.78 is 43.0. The van der Waals surface area contributed by atoms with Gasteiger partial charge in [0.2, 0.25) is 0 Å². The fourth-order valence-corrected chi connectivity index (χ4v) is 1.18. The summed E-state index contributed by atoms with van der Waals surface area (Å²) >= 11 is 0. The van der Waals surface area contributed by atoms with Crippen molar-refractivity contribution in [3.8, 4) is 0 Å². The molecule has 2 N–H and O–H groups in total. The predicted octanol–water partition coefficient (Wildman–Crippen LogP) is 0.935. The van der Waals surface area contributed by atoms with Crippen LogP contribution in [0.5, 0.6) is 0 Å². The number of carbonyl (C=O) groups is 2. The Kier molecular flexibility index (Phi) is 5.31. The fraction of sp³-hybridized carbons (Fsp3) is 0.273. The van der Waals surface area contributed by atoms with E-state index in [2.05, 4.69) is 10.1 Å². The molecule has 19 heavy (non-hydrogen) atoms. The van der Waals surface area contributed by atoms with Crippen LogP contribution in [0.15, 0.2) is 12.1 Å². The number of hydrogen-bond acceptors (Lipinski definition) is 3. The molecule has 0 unspecified atom stereocenters. The molecule has 8 heteroatoms. The zero-order chi connectivity index (χ0) is 14.4. The Hall–Kier alpha value is -2.09. The number of benzene rings is 1. The van der Waals surface area contributed by atoms with Gasteiger partial charge < -0.3 is 15.2 Å². The van der Waals surface area contributed by atoms with Crippen LogP contribution in [0.2, 0.25) is 0 Å². The van der Waals surface area contributed by atoms with Gasteiger partial charge in [0.1, 0.15) is 6.61 Å². The largest absolute Gasteiger partial charge is 0.480 e. The minimum absolute atomic E-state index is 0.0489. The molecule has 0 atom stereocenters. The summed E-state index contributed by atoms with van der Waals surface area (Å²) in [6, 6.07) is 1.12. The van der Waals surface area contributed by atoms with Gasteiger partial charge >= 0.3 is 5.97 Å². The lowest BCUT2D eigenvalue weighted by molar-refractivity contribution is -0.142. The average Bonchev–Trinajstić information content (AvgIpc) is 2.34. The van der Waals surface area contributed by atoms with Gasteiger partial charge in [-0.15, -0.1) is 0 Å². The molecule has 0 radical (unpaired) electrons. The second-order valence-corrected chi connectivity index (χ2v) is 3.46. The summed E-state index contributed by atoms with van der Waals surface area (Å²) in [7, 11) is 0. The molecule has 0 fully saturated rings. The lowest BCUT2D eigenvalue weighted by Crippen LogP contribution is -2.28. The summed E-state index contributed by atoms with van der Waals surface area (Å²) in [4.78, 5) is 21.5. The number of carboxylic acid groups (broad SMARTS) is 1. The molecule has 1 aromatic carbocycles. The van der Waals surface area contributed by atoms with Gasteiger partial charge in [-0.25, -0.2) is 18.0 Å². The van der Waals surface area contributed by atoms with Gasteiger partial charge in [0.25, 0.3) is 5.91 Å². The van der Waals surface area contributed by atoms with Gasteiger partial charge in [0, 0.05) is 12.1 Å². The molecule has 0 saturated carbocycles. The maximum Gasteiger partial charge on any atom is 0.329 e. The van der Waals surface area contributed by atoms with E-state index in [1.807, 2.05) is 0 Å². The fourth-order valence-electron chi connectivity index (χ4n) is 1.18. The first-order chi connectivity index (χ1) is 8.91. The van der Waals surface area contributed by atoms with Crippen LogP contribution in [-0.4, -0.2) is 36.7 Å². The minimum Gasteiger partial charge on any atom is -0.480 e. The quantitative estimate of drug-likeness (QED) is 0.599. The molecule has 0 aliphatic carbocycles. The first-order valence-corrected chi connectivity index (χ1v) is 5.14. The van der Waals surface area contributed by atoms with E-state index in [4.69, 9.17) is 5.11 Å². The molecule has 0 aliphatic rings. The van der Waals surface area contributed by atoms with Gasteiger partial charge in [-0.1, -0.05) is 0 Å². The van der Waals surface area contributed by atoms with E-state index in [-0.39, 0.29) is 18.7 Å². The number of amides is 1. The second kappa shape index (κ2) is 6.74. The van der Waals surface area contributed by atoms with E-state index in [1.54, 1.807) is 0 Å². The zero-order valence-electron chi connectivity index (χ0n) is 9.58. The number of carbonyl (C=O) groups excluding carboxylic acids is 1. The van der Waals surface area contributed by atoms with Crippen molar-refractivity contribution in [2.45, 2.75) is 0 Å². The Balaban J connectivity index is 2.48. The molecule has 0 aliphatic heterocycles. The van der Waals surface area contributed by atoms with Crippen molar-refractivity contribution >= 4 is 11.9 Å². The molecule has 0 bridgehead atoms. The molecular weight excluding hydrogens is 267 g/mol. The predicted molar refractivity (Wildman–Crippen MR) is 57.1 cm³/mol. The van der Waals surface area contributed by atoms with E-state index in [9.17, 15) is 22.8 Å². The summed E-state index contributed by atoms with van der Waals surface area (Å²) in [6.45, 7) is -0.646. The first-order valence-electron chi connectivity index (χ1n) is 5.14. The number of ether oxygens (including phenoxy) is 1. The van der Waals surface area contributed by atoms with Crippen LogP contribution in [0, 0.1) is 17.5 Å². The maximum atomic E-state index is 12.8. The molecular formula is C11H10F3NO4. The van der Waals surface area contributed by atoms with Gasteiger partial charge in [-0.3, -0.25) is 4.79 Å². The van der Waals surface area contributed by atoms with Crippen molar-refractivity contribution < 1.29 is 32.6 Å². The van der Waals surface area contributed by atoms with E-state index >= 15 is 0 Å². The molecule has 1 rings (SSSR count). The van der Waals surface area contributed by atoms with Crippen molar-refractivity contribution in [1.82, 2.24) is 5.32 Å². The first kappa shape index (κ1) is 15.0. The molecule has 104 valence electrons. The van der Waals surface area contributed by atoms with Gasteiger partial charge in [0.15, 0.2) is 17.5 Å². The third kappa shape index (κ3) is 4.59. The molecule has 0 heterocycles. The molecule has 0 aromatic heterocycles. The third-order valence-electron chi connectivity index (χ3n) is 2.00. The molecule has 0 saturated heterocycles. The molecule has 1 amide bonds. The van der Waals surface area contributed by atoms with Crippen molar-refractivity contribution in [2.24, 2.45) is 0 Å². The van der Waals surface area contributed by atoms with Gasteiger partial charge in [-0.2, -0.15) is 0 Å². The summed E-state index contributed by atoms with van der Waals surface area (Å²) in [5.41, 5.74) is -0.380. The number of nitrogens with one attached hydrogen (secondary N) is 1. The highest BCUT2D eigenvalue weighted by atomic mass is 19.2. The van der Waals surface area contributed by atoms with Gasteiger partial charge in [0.05, 0.1) is 6.61 Å². The Morgan fingerprint density at radius 3 is 2.32 bits per heavy atom. The van der Waals surface area contributed by atoms with Crippen molar-refractivity contribution in [3.05, 3.63) is 35.1 Å². The van der Waals surface area contributed by atoms with Crippen LogP contribution in [0.25, 0.3) is 0 Å². The van der Waals surface area contributed by atoms with Crippen LogP contribution < -0.4 is 5.32 Å². The highest BCUT2D eigenvalue weighted by Crippen LogP contribution is 2.13. The lowest BCUT2D eigenvalue weighted by atomic mass is 10.2. The van der Waals surface area contributed by atoms with Crippen LogP contribution in [0.1, 0.15) is 10.4 Å². The van der Waals surface area contributed by atoms with Crippen molar-refractivity contribution in [3.63, 3.8) is 0 Å². The Morgan fingerprint density at radius 2 is 1.79 bits per heavy atom. The summed E-state index contributed by atoms with van der Waals surface area (Å²) in [5.74, 6) is -6.56. The van der Waals surface area contributed by atoms with E-state index < -0.39 is 35.9 Å². The van der Waals surface area contributed by atoms with Crippen LogP contribution in [0.4, 0.5) is 13.2 Å². The number of aliphatic carboxylic acids is 1. The molecule has 1 aromatic rings. The van der Waals surface area contributed by atoms with Crippen molar-refractivity contribution in [2.75, 3.05) is 19.8 Å². The maximum absolute atomic E-state index is 12.8. The Bertz CT molecular complexity index is 470. The number of carboxylic acids is 1. The normalized spacial score (nSPS) is 10.3. The standard InChI is InChI=1S/C11H10F3NO4/c12-7-3-6(4-8(13)10(7)14)11(18)15-1-2-19-5-9(16)17/h3-4H,1-2,5H2,(H,15,18)(H,16,17). The van der Waals surface area contributed by atoms with E-state index in [0.29, 0.717) is 12.1 Å². The molecule has 5 nitrogen and oxygen atoms in total. The topological polar surface area (TPSA) is 75.6 Å². The number of halogens is 3. The Morgan fingerprint density at radius 1 is 1.21 bits per heavy atom. The smallest absolute Gasteiger partial charge is 0.329 e. The van der Waals surface area contributed by atoms with Crippen LogP contribution in [0.3, 0.4) is 0 Å². The van der Waals surface area contributed by atoms with E-state index in [1.165, 1.54) is 0 Å². The van der Waals surface area contributed by atoms with Gasteiger partial charge in [-0.05, 0) is 12.1 Å². The highest BCUT2D eigenvalue weighted by Gasteiger charge is 2.14. The minimum atomic E-state index is -1.65. The third-order valence-corrected chi connectivity index (χ3v) is 2.00. The SMILES string of the molecule is O=C(O)COCCNC(=O)c1cc(F)c(F)c(F)c1. The lowest BCUT2D eigenvalue weighted by Gasteiger charge is -2.06. The van der Waals surface area contributed by atoms with Crippen LogP contribution in [-0.2, 0) is 9.53 Å². The van der Waals surface area contributed by atoms with E-state index in [0.717, 1.165) is 0 Å². The van der Waals surface area contributed by atoms with Crippen molar-refractivity contribution in [1.29, 1.82) is 0 Å². The van der Waals surface area contributed by atoms with Crippen LogP contribution >= 0.6 is 0 Å². The monoisotopic (exact) mass is 277 g/mol. The number of hydrogen-bond donors (Lipinski definition) is 2. The average molecular weight is 277 g/mol. The summed E-state index contributed by atoms with van der Waals surface area (Å²) in [6.07, 6.45) is 0. The Labute approximate surface area is 106 Å². The summed E-state index contributed by atoms with van der Waals surface area (Å²) in [5, 5.41) is 10.5. The number of rotatable bonds is 6. The zero-order valence-corrected chi connectivity index (χ0v) is 9.58. The molecule has 0 spiro atoms. The highest BCUT2D eigenvalue weighted by molar-refractivity contribution is 5.94.